The second-order valence-corrected chi connectivity index (χ2v) is 11.8. The Balaban J connectivity index is 1.67. The quantitative estimate of drug-likeness (QED) is 0.340. The molecule has 0 radical (unpaired) electrons. The topological polar surface area (TPSA) is 113 Å². The van der Waals surface area contributed by atoms with Crippen molar-refractivity contribution in [1.29, 1.82) is 0 Å². The summed E-state index contributed by atoms with van der Waals surface area (Å²) in [5.41, 5.74) is 1.39. The molecule has 1 aliphatic rings. The molecular weight excluding hydrogens is 517 g/mol. The van der Waals surface area contributed by atoms with Crippen LogP contribution in [-0.2, 0) is 15.9 Å². The van der Waals surface area contributed by atoms with Crippen LogP contribution in [0.3, 0.4) is 0 Å². The minimum absolute atomic E-state index is 0.123. The molecule has 9 nitrogen and oxygen atoms in total. The summed E-state index contributed by atoms with van der Waals surface area (Å²) in [6, 6.07) is 5.97. The number of amides is 1. The van der Waals surface area contributed by atoms with Crippen LogP contribution in [0.1, 0.15) is 33.6 Å². The molecule has 12 heteroatoms. The Kier molecular flexibility index (Phi) is 8.20. The van der Waals surface area contributed by atoms with Crippen molar-refractivity contribution in [1.82, 2.24) is 19.9 Å². The molecule has 3 aromatic rings. The molecule has 3 heterocycles. The number of rotatable bonds is 6. The number of methoxy groups -OCH3 is 1. The number of piperidine rings is 1. The minimum Gasteiger partial charge on any atom is -0.609 e. The van der Waals surface area contributed by atoms with E-state index in [-0.39, 0.29) is 29.0 Å². The van der Waals surface area contributed by atoms with Crippen molar-refractivity contribution in [3.05, 3.63) is 35.5 Å². The van der Waals surface area contributed by atoms with Gasteiger partial charge in [-0.25, -0.2) is 14.2 Å². The zero-order chi connectivity index (χ0) is 26.7. The lowest BCUT2D eigenvalue weighted by Gasteiger charge is -2.34. The molecule has 1 unspecified atom stereocenters. The monoisotopic (exact) mass is 547 g/mol. The first kappa shape index (κ1) is 27.1. The molecule has 1 amide bonds. The third kappa shape index (κ3) is 6.68. The second-order valence-electron chi connectivity index (χ2n) is 9.65. The fraction of sp³-hybridized carbons (Fsp3) is 0.440. The molecule has 2 aromatic heterocycles. The van der Waals surface area contributed by atoms with E-state index in [1.54, 1.807) is 17.0 Å². The van der Waals surface area contributed by atoms with E-state index >= 15 is 0 Å². The van der Waals surface area contributed by atoms with Crippen LogP contribution in [0.25, 0.3) is 21.8 Å². The van der Waals surface area contributed by atoms with E-state index < -0.39 is 16.8 Å². The number of likely N-dealkylation sites (tertiary alicyclic amines) is 1. The number of nitrogens with one attached hydrogen (secondary N) is 1. The zero-order valence-corrected chi connectivity index (χ0v) is 23.0. The second kappa shape index (κ2) is 11.2. The van der Waals surface area contributed by atoms with Crippen molar-refractivity contribution in [2.45, 2.75) is 50.4 Å². The number of carbonyl (C=O) groups is 1. The van der Waals surface area contributed by atoms with Crippen molar-refractivity contribution >= 4 is 34.4 Å². The first-order chi connectivity index (χ1) is 17.5. The molecule has 1 fully saturated rings. The highest BCUT2D eigenvalue weighted by Gasteiger charge is 2.30. The summed E-state index contributed by atoms with van der Waals surface area (Å²) in [4.78, 5) is 28.0. The molecule has 0 aliphatic carbocycles. The summed E-state index contributed by atoms with van der Waals surface area (Å²) in [6.45, 7) is 6.54. The number of thiazole rings is 1. The highest BCUT2D eigenvalue weighted by molar-refractivity contribution is 7.90. The standard InChI is InChI=1S/C25H30FN5O4S2/c1-25(2,3)35-24(32)31-12-6-7-17(13-31)27-20-19(21(34-4)30-23(29-20)37(5)33)22-28-18(14-36-22)15-8-10-16(26)11-9-15/h8-11,14,17H,6-7,12-13H2,1-5H3,(H,27,29,30)/t17-,37?/m1/s1. The molecule has 198 valence electrons. The minimum atomic E-state index is -1.45. The van der Waals surface area contributed by atoms with Crippen LogP contribution in [0.15, 0.2) is 34.8 Å². The van der Waals surface area contributed by atoms with Crippen molar-refractivity contribution < 1.29 is 23.2 Å². The Morgan fingerprint density at radius 2 is 1.97 bits per heavy atom. The highest BCUT2D eigenvalue weighted by Crippen LogP contribution is 2.39. The van der Waals surface area contributed by atoms with Gasteiger partial charge in [-0.3, -0.25) is 0 Å². The predicted octanol–water partition coefficient (Wildman–Crippen LogP) is 4.96. The summed E-state index contributed by atoms with van der Waals surface area (Å²) < 4.78 is 36.8. The smallest absolute Gasteiger partial charge is 0.410 e. The van der Waals surface area contributed by atoms with Crippen molar-refractivity contribution in [3.8, 4) is 27.7 Å². The number of hydrogen-bond acceptors (Lipinski definition) is 9. The maximum Gasteiger partial charge on any atom is 0.410 e. The number of anilines is 1. The SMILES string of the molecule is COc1nc([S+](C)[O-])nc(N[C@@H]2CCCN(C(=O)OC(C)(C)C)C2)c1-c1nc(-c2ccc(F)cc2)cs1. The average Bonchev–Trinajstić information content (AvgIpc) is 3.32. The van der Waals surface area contributed by atoms with Gasteiger partial charge in [0.1, 0.15) is 34.1 Å². The fourth-order valence-corrected chi connectivity index (χ4v) is 5.21. The maximum absolute atomic E-state index is 13.4. The summed E-state index contributed by atoms with van der Waals surface area (Å²) in [6.07, 6.45) is 2.72. The molecule has 1 aromatic carbocycles. The van der Waals surface area contributed by atoms with Gasteiger partial charge in [-0.1, -0.05) is 0 Å². The Labute approximate surface area is 222 Å². The Morgan fingerprint density at radius 3 is 2.62 bits per heavy atom. The Morgan fingerprint density at radius 1 is 1.24 bits per heavy atom. The van der Waals surface area contributed by atoms with Gasteiger partial charge in [0.05, 0.1) is 12.8 Å². The lowest BCUT2D eigenvalue weighted by atomic mass is 10.1. The average molecular weight is 548 g/mol. The van der Waals surface area contributed by atoms with Crippen molar-refractivity contribution in [2.24, 2.45) is 0 Å². The van der Waals surface area contributed by atoms with Crippen LogP contribution >= 0.6 is 11.3 Å². The summed E-state index contributed by atoms with van der Waals surface area (Å²) in [5.74, 6) is 0.340. The number of hydrogen-bond donors (Lipinski definition) is 1. The first-order valence-corrected chi connectivity index (χ1v) is 14.2. The van der Waals surface area contributed by atoms with Gasteiger partial charge in [-0.2, -0.15) is 4.98 Å². The van der Waals surface area contributed by atoms with Crippen LogP contribution < -0.4 is 10.1 Å². The normalized spacial score (nSPS) is 16.8. The Bertz CT molecular complexity index is 1250. The van der Waals surface area contributed by atoms with Crippen molar-refractivity contribution in [2.75, 3.05) is 31.8 Å². The zero-order valence-electron chi connectivity index (χ0n) is 21.4. The molecular formula is C25H30FN5O4S2. The van der Waals surface area contributed by atoms with E-state index in [1.165, 1.54) is 36.8 Å². The summed E-state index contributed by atoms with van der Waals surface area (Å²) >= 11 is -0.0859. The van der Waals surface area contributed by atoms with Gasteiger partial charge in [0, 0.05) is 41.3 Å². The van der Waals surface area contributed by atoms with Gasteiger partial charge < -0.3 is 24.2 Å². The molecule has 0 spiro atoms. The van der Waals surface area contributed by atoms with E-state index in [4.69, 9.17) is 14.5 Å². The Hall–Kier alpha value is -2.96. The third-order valence-electron chi connectivity index (χ3n) is 5.58. The van der Waals surface area contributed by atoms with E-state index in [0.29, 0.717) is 35.2 Å². The van der Waals surface area contributed by atoms with Gasteiger partial charge in [0.25, 0.3) is 0 Å². The number of halogens is 1. The number of nitrogens with zero attached hydrogens (tertiary/aromatic N) is 4. The summed E-state index contributed by atoms with van der Waals surface area (Å²) in [7, 11) is 1.48. The van der Waals surface area contributed by atoms with Crippen LogP contribution in [0.4, 0.5) is 15.0 Å². The van der Waals surface area contributed by atoms with E-state index in [9.17, 15) is 13.7 Å². The van der Waals surface area contributed by atoms with Gasteiger partial charge in [-0.05, 0) is 57.9 Å². The molecule has 1 saturated heterocycles. The molecule has 1 aliphatic heterocycles. The van der Waals surface area contributed by atoms with E-state index in [2.05, 4.69) is 15.3 Å². The fourth-order valence-electron chi connectivity index (χ4n) is 3.92. The van der Waals surface area contributed by atoms with E-state index in [1.807, 2.05) is 26.2 Å². The van der Waals surface area contributed by atoms with Crippen LogP contribution in [0, 0.1) is 5.82 Å². The third-order valence-corrected chi connectivity index (χ3v) is 7.13. The van der Waals surface area contributed by atoms with Gasteiger partial charge in [0.2, 0.25) is 5.88 Å². The number of ether oxygens (including phenoxy) is 2. The number of aromatic nitrogens is 3. The van der Waals surface area contributed by atoms with Gasteiger partial charge >= 0.3 is 11.2 Å². The molecule has 0 bridgehead atoms. The molecule has 37 heavy (non-hydrogen) atoms. The lowest BCUT2D eigenvalue weighted by Crippen LogP contribution is -2.47. The lowest BCUT2D eigenvalue weighted by molar-refractivity contribution is 0.0206. The first-order valence-electron chi connectivity index (χ1n) is 11.8. The highest BCUT2D eigenvalue weighted by atomic mass is 32.2. The van der Waals surface area contributed by atoms with Crippen LogP contribution in [0.5, 0.6) is 5.88 Å². The molecule has 4 rings (SSSR count). The van der Waals surface area contributed by atoms with E-state index in [0.717, 1.165) is 18.4 Å². The van der Waals surface area contributed by atoms with Gasteiger partial charge in [0.15, 0.2) is 0 Å². The molecule has 1 N–H and O–H groups in total. The van der Waals surface area contributed by atoms with Gasteiger partial charge in [-0.15, -0.1) is 16.3 Å². The largest absolute Gasteiger partial charge is 0.609 e. The van der Waals surface area contributed by atoms with Crippen molar-refractivity contribution in [3.63, 3.8) is 0 Å². The number of carbonyl (C=O) groups excluding carboxylic acids is 1. The summed E-state index contributed by atoms with van der Waals surface area (Å²) in [5, 5.41) is 6.00. The molecule has 2 atom stereocenters. The predicted molar refractivity (Wildman–Crippen MR) is 142 cm³/mol. The van der Waals surface area contributed by atoms with Crippen LogP contribution in [-0.4, -0.2) is 68.6 Å². The molecule has 0 saturated carbocycles. The number of benzene rings is 1. The van der Waals surface area contributed by atoms with Crippen LogP contribution in [0.2, 0.25) is 0 Å². The maximum atomic E-state index is 13.4.